The summed E-state index contributed by atoms with van der Waals surface area (Å²) in [5.41, 5.74) is 0. The van der Waals surface area contributed by atoms with Gasteiger partial charge in [0, 0.05) is 13.0 Å². The number of amides is 1. The van der Waals surface area contributed by atoms with E-state index in [0.29, 0.717) is 17.7 Å². The fraction of sp³-hybridized carbons (Fsp3) is 0.571. The van der Waals surface area contributed by atoms with Gasteiger partial charge in [-0.1, -0.05) is 0 Å². The fourth-order valence-corrected chi connectivity index (χ4v) is 1.91. The van der Waals surface area contributed by atoms with Crippen molar-refractivity contribution in [2.45, 2.75) is 19.4 Å². The van der Waals surface area contributed by atoms with Gasteiger partial charge >= 0.3 is 0 Å². The summed E-state index contributed by atoms with van der Waals surface area (Å²) in [6.45, 7) is 2.52. The van der Waals surface area contributed by atoms with Gasteiger partial charge in [-0.15, -0.1) is 0 Å². The number of H-pyrrole nitrogens is 1. The van der Waals surface area contributed by atoms with Crippen molar-refractivity contribution in [2.75, 3.05) is 6.54 Å². The molecule has 5 nitrogen and oxygen atoms in total. The third-order valence-corrected chi connectivity index (χ3v) is 2.49. The predicted molar refractivity (Wildman–Crippen MR) is 48.8 cm³/mol. The molecule has 2 rings (SSSR count). The Hall–Kier alpha value is -1.17. The molecule has 1 aliphatic heterocycles. The lowest BCUT2D eigenvalue weighted by atomic mass is 10.2. The van der Waals surface area contributed by atoms with Crippen LogP contribution in [0, 0.1) is 11.7 Å². The molecule has 0 aromatic carbocycles. The first-order chi connectivity index (χ1) is 6.18. The van der Waals surface area contributed by atoms with Crippen molar-refractivity contribution in [1.29, 1.82) is 0 Å². The van der Waals surface area contributed by atoms with Gasteiger partial charge in [0.15, 0.2) is 4.77 Å². The highest BCUT2D eigenvalue weighted by molar-refractivity contribution is 7.71. The summed E-state index contributed by atoms with van der Waals surface area (Å²) < 4.78 is 2.46. The molecule has 70 valence electrons. The number of hydrogen-bond acceptors (Lipinski definition) is 3. The Morgan fingerprint density at radius 2 is 2.46 bits per heavy atom. The van der Waals surface area contributed by atoms with Gasteiger partial charge in [-0.05, 0) is 19.1 Å². The Balaban J connectivity index is 2.35. The van der Waals surface area contributed by atoms with Crippen molar-refractivity contribution in [3.8, 4) is 0 Å². The Morgan fingerprint density at radius 1 is 1.69 bits per heavy atom. The lowest BCUT2D eigenvalue weighted by Gasteiger charge is -2.09. The highest BCUT2D eigenvalue weighted by Crippen LogP contribution is 2.17. The zero-order chi connectivity index (χ0) is 9.42. The van der Waals surface area contributed by atoms with Crippen LogP contribution in [0.15, 0.2) is 0 Å². The second-order valence-electron chi connectivity index (χ2n) is 3.11. The maximum Gasteiger partial charge on any atom is 0.222 e. The highest BCUT2D eigenvalue weighted by Gasteiger charge is 2.24. The molecule has 0 bridgehead atoms. The SMILES string of the molecule is Cc1n[nH]c(=S)n1C1CNC(=O)C1. The van der Waals surface area contributed by atoms with Gasteiger partial charge in [0.1, 0.15) is 5.82 Å². The van der Waals surface area contributed by atoms with E-state index >= 15 is 0 Å². The van der Waals surface area contributed by atoms with Crippen molar-refractivity contribution >= 4 is 18.1 Å². The van der Waals surface area contributed by atoms with E-state index in [1.807, 2.05) is 11.5 Å². The van der Waals surface area contributed by atoms with Crippen LogP contribution in [-0.4, -0.2) is 27.2 Å². The first-order valence-corrected chi connectivity index (χ1v) is 4.49. The molecule has 2 heterocycles. The summed E-state index contributed by atoms with van der Waals surface area (Å²) in [4.78, 5) is 11.0. The molecule has 0 radical (unpaired) electrons. The Labute approximate surface area is 80.1 Å². The van der Waals surface area contributed by atoms with E-state index in [4.69, 9.17) is 12.2 Å². The number of carbonyl (C=O) groups is 1. The van der Waals surface area contributed by atoms with E-state index < -0.39 is 0 Å². The smallest absolute Gasteiger partial charge is 0.222 e. The number of nitrogens with one attached hydrogen (secondary N) is 2. The molecule has 13 heavy (non-hydrogen) atoms. The van der Waals surface area contributed by atoms with E-state index in [-0.39, 0.29) is 11.9 Å². The minimum Gasteiger partial charge on any atom is -0.354 e. The number of aromatic nitrogens is 3. The van der Waals surface area contributed by atoms with E-state index in [0.717, 1.165) is 5.82 Å². The van der Waals surface area contributed by atoms with E-state index in [1.165, 1.54) is 0 Å². The summed E-state index contributed by atoms with van der Waals surface area (Å²) in [7, 11) is 0. The lowest BCUT2D eigenvalue weighted by molar-refractivity contribution is -0.119. The van der Waals surface area contributed by atoms with Gasteiger partial charge < -0.3 is 5.32 Å². The number of nitrogens with zero attached hydrogens (tertiary/aromatic N) is 2. The molecule has 6 heteroatoms. The topological polar surface area (TPSA) is 62.7 Å². The predicted octanol–water partition coefficient (Wildman–Crippen LogP) is 0.310. The summed E-state index contributed by atoms with van der Waals surface area (Å²) in [6, 6.07) is 0.124. The van der Waals surface area contributed by atoms with Gasteiger partial charge in [0.2, 0.25) is 5.91 Å². The molecule has 1 aromatic rings. The van der Waals surface area contributed by atoms with Gasteiger partial charge in [0.25, 0.3) is 0 Å². The normalized spacial score (nSPS) is 21.9. The first-order valence-electron chi connectivity index (χ1n) is 4.08. The van der Waals surface area contributed by atoms with Crippen molar-refractivity contribution < 1.29 is 4.79 Å². The van der Waals surface area contributed by atoms with Crippen LogP contribution in [-0.2, 0) is 4.79 Å². The van der Waals surface area contributed by atoms with Gasteiger partial charge in [-0.3, -0.25) is 14.5 Å². The number of rotatable bonds is 1. The first kappa shape index (κ1) is 8.43. The average Bonchev–Trinajstić information content (AvgIpc) is 2.60. The molecule has 1 fully saturated rings. The Bertz CT molecular complexity index is 393. The van der Waals surface area contributed by atoms with E-state index in [9.17, 15) is 4.79 Å². The van der Waals surface area contributed by atoms with E-state index in [2.05, 4.69) is 15.5 Å². The monoisotopic (exact) mass is 198 g/mol. The highest BCUT2D eigenvalue weighted by atomic mass is 32.1. The number of hydrogen-bond donors (Lipinski definition) is 2. The van der Waals surface area contributed by atoms with Crippen molar-refractivity contribution in [3.05, 3.63) is 10.6 Å². The van der Waals surface area contributed by atoms with Crippen LogP contribution in [0.1, 0.15) is 18.3 Å². The van der Waals surface area contributed by atoms with Crippen molar-refractivity contribution in [2.24, 2.45) is 0 Å². The molecule has 0 aliphatic carbocycles. The lowest BCUT2D eigenvalue weighted by Crippen LogP contribution is -2.16. The van der Waals surface area contributed by atoms with Gasteiger partial charge in [0.05, 0.1) is 6.04 Å². The molecule has 1 atom stereocenters. The minimum absolute atomic E-state index is 0.0764. The second-order valence-corrected chi connectivity index (χ2v) is 3.49. The summed E-state index contributed by atoms with van der Waals surface area (Å²) in [5.74, 6) is 0.902. The number of aryl methyl sites for hydroxylation is 1. The molecule has 1 unspecified atom stereocenters. The summed E-state index contributed by atoms with van der Waals surface area (Å²) in [5, 5.41) is 9.46. The van der Waals surface area contributed by atoms with Crippen LogP contribution in [0.5, 0.6) is 0 Å². The van der Waals surface area contributed by atoms with Crippen LogP contribution >= 0.6 is 12.2 Å². The second kappa shape index (κ2) is 2.95. The van der Waals surface area contributed by atoms with Crippen molar-refractivity contribution in [1.82, 2.24) is 20.1 Å². The Kier molecular flexibility index (Phi) is 1.91. The zero-order valence-electron chi connectivity index (χ0n) is 7.20. The molecule has 1 amide bonds. The zero-order valence-corrected chi connectivity index (χ0v) is 8.02. The van der Waals surface area contributed by atoms with Crippen LogP contribution in [0.25, 0.3) is 0 Å². The standard InChI is InChI=1S/C7H10N4OS/c1-4-9-10-7(13)11(4)5-2-6(12)8-3-5/h5H,2-3H2,1H3,(H,8,12)(H,10,13). The molecular weight excluding hydrogens is 188 g/mol. The fourth-order valence-electron chi connectivity index (χ4n) is 1.59. The maximum absolute atomic E-state index is 11.0. The van der Waals surface area contributed by atoms with Crippen LogP contribution in [0.3, 0.4) is 0 Å². The quantitative estimate of drug-likeness (QED) is 0.638. The number of carbonyl (C=O) groups excluding carboxylic acids is 1. The summed E-state index contributed by atoms with van der Waals surface area (Å²) >= 11 is 5.05. The van der Waals surface area contributed by atoms with Crippen LogP contribution in [0.4, 0.5) is 0 Å². The molecule has 1 aromatic heterocycles. The molecule has 0 spiro atoms. The molecule has 1 aliphatic rings. The van der Waals surface area contributed by atoms with Gasteiger partial charge in [-0.2, -0.15) is 5.10 Å². The largest absolute Gasteiger partial charge is 0.354 e. The number of aromatic amines is 1. The van der Waals surface area contributed by atoms with Gasteiger partial charge in [-0.25, -0.2) is 0 Å². The summed E-state index contributed by atoms with van der Waals surface area (Å²) in [6.07, 6.45) is 0.495. The minimum atomic E-state index is 0.0764. The third kappa shape index (κ3) is 1.37. The van der Waals surface area contributed by atoms with Crippen LogP contribution in [0.2, 0.25) is 0 Å². The molecular formula is C7H10N4OS. The third-order valence-electron chi connectivity index (χ3n) is 2.20. The molecule has 2 N–H and O–H groups in total. The van der Waals surface area contributed by atoms with E-state index in [1.54, 1.807) is 0 Å². The molecule has 1 saturated heterocycles. The average molecular weight is 198 g/mol. The maximum atomic E-state index is 11.0. The molecule has 0 saturated carbocycles. The van der Waals surface area contributed by atoms with Crippen molar-refractivity contribution in [3.63, 3.8) is 0 Å². The van der Waals surface area contributed by atoms with Crippen LogP contribution < -0.4 is 5.32 Å². The Morgan fingerprint density at radius 3 is 2.92 bits per heavy atom.